The summed E-state index contributed by atoms with van der Waals surface area (Å²) in [6, 6.07) is 13.8. The number of anilines is 1. The van der Waals surface area contributed by atoms with E-state index >= 15 is 0 Å². The minimum absolute atomic E-state index is 0.0815. The first-order valence-electron chi connectivity index (χ1n) is 6.73. The molecule has 0 aromatic heterocycles. The molecule has 5 nitrogen and oxygen atoms in total. The van der Waals surface area contributed by atoms with Crippen LogP contribution in [0.15, 0.2) is 48.5 Å². The Morgan fingerprint density at radius 1 is 0.909 bits per heavy atom. The molecule has 0 aliphatic heterocycles. The van der Waals surface area contributed by atoms with Crippen molar-refractivity contribution in [1.29, 1.82) is 0 Å². The average Bonchev–Trinajstić information content (AvgIpc) is 2.53. The molecule has 0 unspecified atom stereocenters. The molecule has 0 amide bonds. The molecule has 22 heavy (non-hydrogen) atoms. The van der Waals surface area contributed by atoms with E-state index in [0.717, 1.165) is 0 Å². The Bertz CT molecular complexity index is 993. The molecule has 0 fully saturated rings. The fourth-order valence-corrected chi connectivity index (χ4v) is 3.11. The molecule has 0 saturated heterocycles. The molecule has 106 valence electrons. The van der Waals surface area contributed by atoms with Gasteiger partial charge in [0.2, 0.25) is 0 Å². The van der Waals surface area contributed by atoms with E-state index in [4.69, 9.17) is 5.73 Å². The number of fused-ring (bicyclic) bond motifs is 2. The molecule has 3 aromatic carbocycles. The second-order valence-corrected chi connectivity index (χ2v) is 5.22. The van der Waals surface area contributed by atoms with Crippen LogP contribution < -0.4 is 5.73 Å². The summed E-state index contributed by atoms with van der Waals surface area (Å²) in [6.07, 6.45) is 0. The van der Waals surface area contributed by atoms with E-state index in [2.05, 4.69) is 0 Å². The number of carbonyl (C=O) groups excluding carboxylic acids is 1. The monoisotopic (exact) mass is 290 g/mol. The van der Waals surface area contributed by atoms with Gasteiger partial charge in [0.05, 0.1) is 4.92 Å². The number of benzene rings is 3. The zero-order valence-corrected chi connectivity index (χ0v) is 11.4. The predicted octanol–water partition coefficient (Wildman–Crippen LogP) is 3.54. The number of nitrogen functional groups attached to an aromatic ring is 1. The van der Waals surface area contributed by atoms with E-state index in [1.165, 1.54) is 6.07 Å². The molecule has 3 aromatic rings. The van der Waals surface area contributed by atoms with Crippen LogP contribution in [0, 0.1) is 10.1 Å². The molecule has 1 aliphatic carbocycles. The Kier molecular flexibility index (Phi) is 2.36. The van der Waals surface area contributed by atoms with Gasteiger partial charge in [0, 0.05) is 28.0 Å². The van der Waals surface area contributed by atoms with E-state index in [9.17, 15) is 14.9 Å². The Balaban J connectivity index is 2.27. The highest BCUT2D eigenvalue weighted by atomic mass is 16.6. The number of hydrogen-bond donors (Lipinski definition) is 1. The molecule has 0 bridgehead atoms. The Hall–Kier alpha value is -3.21. The maximum absolute atomic E-state index is 12.6. The first-order chi connectivity index (χ1) is 10.6. The van der Waals surface area contributed by atoms with Crippen LogP contribution in [0.3, 0.4) is 0 Å². The lowest BCUT2D eigenvalue weighted by molar-refractivity contribution is -0.383. The number of ketones is 1. The largest absolute Gasteiger partial charge is 0.393 e. The van der Waals surface area contributed by atoms with Gasteiger partial charge in [-0.1, -0.05) is 42.5 Å². The molecule has 2 N–H and O–H groups in total. The third kappa shape index (κ3) is 1.45. The lowest BCUT2D eigenvalue weighted by Crippen LogP contribution is -2.11. The highest BCUT2D eigenvalue weighted by Gasteiger charge is 2.28. The summed E-state index contributed by atoms with van der Waals surface area (Å²) in [5.74, 6) is -0.0815. The second kappa shape index (κ2) is 4.14. The average molecular weight is 290 g/mol. The van der Waals surface area contributed by atoms with Gasteiger partial charge in [0.25, 0.3) is 5.69 Å². The van der Waals surface area contributed by atoms with Crippen LogP contribution in [-0.4, -0.2) is 10.7 Å². The summed E-state index contributed by atoms with van der Waals surface area (Å²) in [6.45, 7) is 0. The maximum Gasteiger partial charge on any atom is 0.293 e. The molecule has 0 atom stereocenters. The van der Waals surface area contributed by atoms with Gasteiger partial charge in [-0.05, 0) is 11.1 Å². The van der Waals surface area contributed by atoms with Gasteiger partial charge >= 0.3 is 0 Å². The van der Waals surface area contributed by atoms with Gasteiger partial charge < -0.3 is 5.73 Å². The zero-order chi connectivity index (χ0) is 15.4. The van der Waals surface area contributed by atoms with Crippen LogP contribution >= 0.6 is 0 Å². The van der Waals surface area contributed by atoms with Crippen molar-refractivity contribution in [2.75, 3.05) is 5.73 Å². The SMILES string of the molecule is Nc1c([N+](=O)[O-])cc2c3c(cccc13)C(=O)c1ccccc1-2. The lowest BCUT2D eigenvalue weighted by atomic mass is 9.82. The van der Waals surface area contributed by atoms with E-state index in [-0.39, 0.29) is 17.2 Å². The van der Waals surface area contributed by atoms with Crippen molar-refractivity contribution in [3.63, 3.8) is 0 Å². The third-order valence-corrected chi connectivity index (χ3v) is 4.08. The smallest absolute Gasteiger partial charge is 0.293 e. The summed E-state index contributed by atoms with van der Waals surface area (Å²) in [5.41, 5.74) is 8.39. The lowest BCUT2D eigenvalue weighted by Gasteiger charge is -2.20. The summed E-state index contributed by atoms with van der Waals surface area (Å²) in [5, 5.41) is 12.5. The van der Waals surface area contributed by atoms with Crippen molar-refractivity contribution < 1.29 is 9.72 Å². The number of rotatable bonds is 1. The fourth-order valence-electron chi connectivity index (χ4n) is 3.11. The van der Waals surface area contributed by atoms with Crippen LogP contribution in [-0.2, 0) is 0 Å². The first-order valence-corrected chi connectivity index (χ1v) is 6.73. The number of carbonyl (C=O) groups is 1. The first kappa shape index (κ1) is 12.5. The molecule has 0 radical (unpaired) electrons. The minimum atomic E-state index is -0.489. The molecule has 0 saturated carbocycles. The molecule has 0 spiro atoms. The highest BCUT2D eigenvalue weighted by Crippen LogP contribution is 2.44. The zero-order valence-electron chi connectivity index (χ0n) is 11.4. The van der Waals surface area contributed by atoms with Crippen LogP contribution in [0.25, 0.3) is 21.9 Å². The van der Waals surface area contributed by atoms with Gasteiger partial charge in [0.15, 0.2) is 5.78 Å². The quantitative estimate of drug-likeness (QED) is 0.330. The number of nitrogens with two attached hydrogens (primary N) is 1. The summed E-state index contributed by atoms with van der Waals surface area (Å²) >= 11 is 0. The van der Waals surface area contributed by atoms with Crippen molar-refractivity contribution in [3.05, 3.63) is 69.8 Å². The van der Waals surface area contributed by atoms with Gasteiger partial charge in [-0.2, -0.15) is 0 Å². The van der Waals surface area contributed by atoms with Crippen LogP contribution in [0.4, 0.5) is 11.4 Å². The Morgan fingerprint density at radius 2 is 1.59 bits per heavy atom. The van der Waals surface area contributed by atoms with Crippen molar-refractivity contribution in [2.24, 2.45) is 0 Å². The molecule has 0 heterocycles. The molecule has 5 heteroatoms. The summed E-state index contributed by atoms with van der Waals surface area (Å²) < 4.78 is 0. The van der Waals surface area contributed by atoms with Gasteiger partial charge in [-0.25, -0.2) is 0 Å². The summed E-state index contributed by atoms with van der Waals surface area (Å²) in [4.78, 5) is 23.4. The van der Waals surface area contributed by atoms with Crippen molar-refractivity contribution in [1.82, 2.24) is 0 Å². The third-order valence-electron chi connectivity index (χ3n) is 4.08. The Labute approximate surface area is 125 Å². The fraction of sp³-hybridized carbons (Fsp3) is 0. The number of nitrogens with zero attached hydrogens (tertiary/aromatic N) is 1. The van der Waals surface area contributed by atoms with Crippen LogP contribution in [0.2, 0.25) is 0 Å². The normalized spacial score (nSPS) is 12.3. The van der Waals surface area contributed by atoms with Crippen molar-refractivity contribution in [2.45, 2.75) is 0 Å². The number of nitro groups is 1. The molecular weight excluding hydrogens is 280 g/mol. The standard InChI is InChI=1S/C17H10N2O3/c18-16-11-6-3-7-12-15(11)13(8-14(16)19(21)22)9-4-1-2-5-10(9)17(12)20/h1-8H,18H2. The van der Waals surface area contributed by atoms with Crippen LogP contribution in [0.5, 0.6) is 0 Å². The van der Waals surface area contributed by atoms with Gasteiger partial charge in [-0.3, -0.25) is 14.9 Å². The highest BCUT2D eigenvalue weighted by molar-refractivity contribution is 6.27. The van der Waals surface area contributed by atoms with E-state index in [1.807, 2.05) is 6.07 Å². The molecular formula is C17H10N2O3. The van der Waals surface area contributed by atoms with E-state index < -0.39 is 4.92 Å². The number of hydrogen-bond acceptors (Lipinski definition) is 4. The van der Waals surface area contributed by atoms with E-state index in [1.54, 1.807) is 36.4 Å². The van der Waals surface area contributed by atoms with Gasteiger partial charge in [-0.15, -0.1) is 0 Å². The molecule has 1 aliphatic rings. The van der Waals surface area contributed by atoms with Crippen molar-refractivity contribution >= 4 is 27.9 Å². The minimum Gasteiger partial charge on any atom is -0.393 e. The number of nitro benzene ring substituents is 1. The maximum atomic E-state index is 12.6. The topological polar surface area (TPSA) is 86.2 Å². The van der Waals surface area contributed by atoms with Gasteiger partial charge in [0.1, 0.15) is 5.69 Å². The second-order valence-electron chi connectivity index (χ2n) is 5.22. The van der Waals surface area contributed by atoms with Crippen LogP contribution in [0.1, 0.15) is 15.9 Å². The predicted molar refractivity (Wildman–Crippen MR) is 83.9 cm³/mol. The van der Waals surface area contributed by atoms with E-state index in [0.29, 0.717) is 33.0 Å². The Morgan fingerprint density at radius 3 is 2.32 bits per heavy atom. The summed E-state index contributed by atoms with van der Waals surface area (Å²) in [7, 11) is 0. The van der Waals surface area contributed by atoms with Crippen molar-refractivity contribution in [3.8, 4) is 11.1 Å². The molecule has 4 rings (SSSR count).